The normalized spacial score (nSPS) is 12.2. The average molecular weight is 403 g/mol. The second kappa shape index (κ2) is 6.45. The highest BCUT2D eigenvalue weighted by Gasteiger charge is 2.17. The van der Waals surface area contributed by atoms with E-state index < -0.39 is 4.92 Å². The van der Waals surface area contributed by atoms with Crippen molar-refractivity contribution < 1.29 is 9.31 Å². The van der Waals surface area contributed by atoms with Gasteiger partial charge < -0.3 is 0 Å². The van der Waals surface area contributed by atoms with Crippen LogP contribution >= 0.6 is 31.9 Å². The summed E-state index contributed by atoms with van der Waals surface area (Å²) in [5.41, 5.74) is 1.43. The molecule has 0 aliphatic rings. The third-order valence-electron chi connectivity index (χ3n) is 2.89. The van der Waals surface area contributed by atoms with E-state index in [1.165, 1.54) is 12.1 Å². The zero-order valence-electron chi connectivity index (χ0n) is 10.2. The molecule has 0 amide bonds. The van der Waals surface area contributed by atoms with Gasteiger partial charge in [-0.1, -0.05) is 40.2 Å². The van der Waals surface area contributed by atoms with Gasteiger partial charge in [0.15, 0.2) is 0 Å². The van der Waals surface area contributed by atoms with Crippen LogP contribution in [0.5, 0.6) is 0 Å². The van der Waals surface area contributed by atoms with Gasteiger partial charge in [-0.05, 0) is 40.0 Å². The van der Waals surface area contributed by atoms with Gasteiger partial charge in [-0.25, -0.2) is 4.39 Å². The molecule has 0 saturated heterocycles. The number of benzene rings is 2. The van der Waals surface area contributed by atoms with Crippen LogP contribution in [0.15, 0.2) is 46.9 Å². The summed E-state index contributed by atoms with van der Waals surface area (Å²) in [5.74, 6) is -0.352. The molecule has 104 valence electrons. The number of para-hydroxylation sites is 1. The van der Waals surface area contributed by atoms with Crippen molar-refractivity contribution in [3.05, 3.63) is 74.0 Å². The van der Waals surface area contributed by atoms with Crippen molar-refractivity contribution in [2.75, 3.05) is 0 Å². The van der Waals surface area contributed by atoms with Gasteiger partial charge >= 0.3 is 0 Å². The fourth-order valence-corrected chi connectivity index (χ4v) is 2.76. The number of halogens is 3. The molecule has 0 saturated carbocycles. The number of nitrogens with zero attached hydrogens (tertiary/aromatic N) is 1. The molecule has 1 unspecified atom stereocenters. The quantitative estimate of drug-likeness (QED) is 0.402. The van der Waals surface area contributed by atoms with Gasteiger partial charge in [0.25, 0.3) is 5.69 Å². The van der Waals surface area contributed by atoms with Crippen LogP contribution in [-0.4, -0.2) is 4.92 Å². The van der Waals surface area contributed by atoms with E-state index in [4.69, 9.17) is 0 Å². The van der Waals surface area contributed by atoms with Gasteiger partial charge in [-0.15, -0.1) is 0 Å². The second-order valence-corrected chi connectivity index (χ2v) is 6.19. The zero-order chi connectivity index (χ0) is 14.7. The van der Waals surface area contributed by atoms with Crippen molar-refractivity contribution in [1.82, 2.24) is 0 Å². The summed E-state index contributed by atoms with van der Waals surface area (Å²) >= 11 is 6.56. The third kappa shape index (κ3) is 3.43. The van der Waals surface area contributed by atoms with Crippen molar-refractivity contribution in [1.29, 1.82) is 0 Å². The monoisotopic (exact) mass is 401 g/mol. The number of nitro groups is 1. The summed E-state index contributed by atoms with van der Waals surface area (Å²) < 4.78 is 13.9. The summed E-state index contributed by atoms with van der Waals surface area (Å²) in [5, 5.41) is 11.0. The molecule has 0 spiro atoms. The number of hydrogen-bond acceptors (Lipinski definition) is 2. The summed E-state index contributed by atoms with van der Waals surface area (Å²) in [6.45, 7) is 0. The highest BCUT2D eigenvalue weighted by molar-refractivity contribution is 9.10. The molecule has 0 bridgehead atoms. The Labute approximate surface area is 132 Å². The zero-order valence-corrected chi connectivity index (χ0v) is 13.4. The Morgan fingerprint density at radius 2 is 1.95 bits per heavy atom. The van der Waals surface area contributed by atoms with Gasteiger partial charge in [-0.3, -0.25) is 10.1 Å². The number of nitro benzene ring substituents is 1. The Hall–Kier alpha value is -1.27. The molecule has 2 aromatic carbocycles. The van der Waals surface area contributed by atoms with E-state index in [1.54, 1.807) is 30.3 Å². The van der Waals surface area contributed by atoms with Gasteiger partial charge in [-0.2, -0.15) is 0 Å². The molecule has 0 heterocycles. The van der Waals surface area contributed by atoms with Crippen LogP contribution in [0.3, 0.4) is 0 Å². The summed E-state index contributed by atoms with van der Waals surface area (Å²) in [4.78, 5) is 10.4. The van der Waals surface area contributed by atoms with E-state index in [1.807, 2.05) is 0 Å². The Kier molecular flexibility index (Phi) is 4.88. The van der Waals surface area contributed by atoms with Crippen LogP contribution < -0.4 is 0 Å². The lowest BCUT2D eigenvalue weighted by atomic mass is 10.0. The fourth-order valence-electron chi connectivity index (χ4n) is 1.88. The Morgan fingerprint density at radius 1 is 1.25 bits per heavy atom. The smallest absolute Gasteiger partial charge is 0.258 e. The SMILES string of the molecule is O=[N+]([O-])c1ccccc1CC(Br)c1ccc(Br)c(F)c1. The minimum atomic E-state index is -0.406. The van der Waals surface area contributed by atoms with E-state index in [9.17, 15) is 14.5 Å². The molecular weight excluding hydrogens is 393 g/mol. The molecule has 6 heteroatoms. The predicted octanol–water partition coefficient (Wildman–Crippen LogP) is 5.18. The third-order valence-corrected chi connectivity index (χ3v) is 4.39. The molecule has 0 radical (unpaired) electrons. The summed E-state index contributed by atoms with van der Waals surface area (Å²) in [6.07, 6.45) is 0.415. The van der Waals surface area contributed by atoms with Gasteiger partial charge in [0, 0.05) is 16.5 Å². The highest BCUT2D eigenvalue weighted by Crippen LogP contribution is 2.32. The van der Waals surface area contributed by atoms with Crippen molar-refractivity contribution in [2.45, 2.75) is 11.2 Å². The van der Waals surface area contributed by atoms with Crippen molar-refractivity contribution in [2.24, 2.45) is 0 Å². The van der Waals surface area contributed by atoms with E-state index in [0.717, 1.165) is 5.56 Å². The molecule has 0 aliphatic heterocycles. The molecule has 2 rings (SSSR count). The molecule has 0 N–H and O–H groups in total. The molecule has 2 aromatic rings. The molecule has 0 aromatic heterocycles. The van der Waals surface area contributed by atoms with Crippen molar-refractivity contribution in [3.8, 4) is 0 Å². The Morgan fingerprint density at radius 3 is 2.60 bits per heavy atom. The van der Waals surface area contributed by atoms with Gasteiger partial charge in [0.1, 0.15) is 5.82 Å². The van der Waals surface area contributed by atoms with Crippen LogP contribution in [0.4, 0.5) is 10.1 Å². The minimum Gasteiger partial charge on any atom is -0.258 e. The fraction of sp³-hybridized carbons (Fsp3) is 0.143. The van der Waals surface area contributed by atoms with Crippen LogP contribution in [0.2, 0.25) is 0 Å². The van der Waals surface area contributed by atoms with Gasteiger partial charge in [0.2, 0.25) is 0 Å². The van der Waals surface area contributed by atoms with Crippen molar-refractivity contribution >= 4 is 37.5 Å². The van der Waals surface area contributed by atoms with Crippen LogP contribution in [0.25, 0.3) is 0 Å². The maximum atomic E-state index is 13.5. The number of hydrogen-bond donors (Lipinski definition) is 0. The topological polar surface area (TPSA) is 43.1 Å². The standard InChI is InChI=1S/C14H10Br2FNO2/c15-11-6-5-9(8-13(11)17)12(16)7-10-3-1-2-4-14(10)18(19)20/h1-6,8,12H,7H2. The predicted molar refractivity (Wildman–Crippen MR) is 82.6 cm³/mol. The lowest BCUT2D eigenvalue weighted by Crippen LogP contribution is -2.00. The summed E-state index contributed by atoms with van der Waals surface area (Å²) in [7, 11) is 0. The second-order valence-electron chi connectivity index (χ2n) is 4.23. The first-order valence-corrected chi connectivity index (χ1v) is 7.51. The van der Waals surface area contributed by atoms with Crippen LogP contribution in [0.1, 0.15) is 16.0 Å². The number of rotatable bonds is 4. The molecule has 0 fully saturated rings. The van der Waals surface area contributed by atoms with E-state index in [-0.39, 0.29) is 16.3 Å². The van der Waals surface area contributed by atoms with Crippen LogP contribution in [-0.2, 0) is 6.42 Å². The lowest BCUT2D eigenvalue weighted by Gasteiger charge is -2.11. The largest absolute Gasteiger partial charge is 0.272 e. The van der Waals surface area contributed by atoms with Crippen molar-refractivity contribution in [3.63, 3.8) is 0 Å². The van der Waals surface area contributed by atoms with Crippen LogP contribution in [0, 0.1) is 15.9 Å². The van der Waals surface area contributed by atoms with E-state index in [0.29, 0.717) is 16.5 Å². The maximum Gasteiger partial charge on any atom is 0.272 e. The maximum absolute atomic E-state index is 13.5. The molecule has 3 nitrogen and oxygen atoms in total. The average Bonchev–Trinajstić information content (AvgIpc) is 2.42. The Balaban J connectivity index is 2.25. The molecular formula is C14H10Br2FNO2. The number of alkyl halides is 1. The molecule has 0 aliphatic carbocycles. The minimum absolute atomic E-state index is 0.0783. The first kappa shape index (κ1) is 15.1. The van der Waals surface area contributed by atoms with E-state index in [2.05, 4.69) is 31.9 Å². The molecule has 20 heavy (non-hydrogen) atoms. The Bertz CT molecular complexity index is 649. The first-order chi connectivity index (χ1) is 9.49. The highest BCUT2D eigenvalue weighted by atomic mass is 79.9. The molecule has 1 atom stereocenters. The first-order valence-electron chi connectivity index (χ1n) is 5.80. The van der Waals surface area contributed by atoms with E-state index >= 15 is 0 Å². The lowest BCUT2D eigenvalue weighted by molar-refractivity contribution is -0.385. The van der Waals surface area contributed by atoms with Gasteiger partial charge in [0.05, 0.1) is 9.40 Å². The summed E-state index contributed by atoms with van der Waals surface area (Å²) in [6, 6.07) is 11.4.